The molecule has 1 aliphatic rings. The van der Waals surface area contributed by atoms with Crippen molar-refractivity contribution in [1.29, 1.82) is 0 Å². The SMILES string of the molecule is NC(=O)CNC(=O)[C@@H]1CCC[NH2+]1. The summed E-state index contributed by atoms with van der Waals surface area (Å²) in [6.07, 6.45) is 1.96. The average Bonchev–Trinajstić information content (AvgIpc) is 2.51. The maximum absolute atomic E-state index is 11.2. The molecule has 1 atom stereocenters. The number of quaternary nitrogens is 1. The fourth-order valence-corrected chi connectivity index (χ4v) is 1.32. The molecule has 1 saturated heterocycles. The first-order valence-corrected chi connectivity index (χ1v) is 4.09. The van der Waals surface area contributed by atoms with E-state index < -0.39 is 5.91 Å². The zero-order valence-corrected chi connectivity index (χ0v) is 6.88. The van der Waals surface area contributed by atoms with E-state index in [2.05, 4.69) is 5.32 Å². The summed E-state index contributed by atoms with van der Waals surface area (Å²) >= 11 is 0. The van der Waals surface area contributed by atoms with Crippen molar-refractivity contribution in [1.82, 2.24) is 5.32 Å². The molecule has 0 unspecified atom stereocenters. The smallest absolute Gasteiger partial charge is 0.278 e. The van der Waals surface area contributed by atoms with Gasteiger partial charge >= 0.3 is 0 Å². The van der Waals surface area contributed by atoms with Crippen LogP contribution in [0.1, 0.15) is 12.8 Å². The van der Waals surface area contributed by atoms with Crippen LogP contribution in [0.25, 0.3) is 0 Å². The van der Waals surface area contributed by atoms with Gasteiger partial charge in [0.1, 0.15) is 0 Å². The predicted octanol–water partition coefficient (Wildman–Crippen LogP) is -2.69. The maximum Gasteiger partial charge on any atom is 0.278 e. The molecular formula is C7H14N3O2+. The van der Waals surface area contributed by atoms with Crippen LogP contribution in [0.5, 0.6) is 0 Å². The minimum atomic E-state index is -0.499. The third-order valence-corrected chi connectivity index (χ3v) is 1.94. The Kier molecular flexibility index (Phi) is 3.04. The molecular weight excluding hydrogens is 158 g/mol. The number of rotatable bonds is 3. The second-order valence-corrected chi connectivity index (χ2v) is 2.96. The Hall–Kier alpha value is -1.10. The van der Waals surface area contributed by atoms with Gasteiger partial charge < -0.3 is 16.4 Å². The van der Waals surface area contributed by atoms with E-state index in [1.165, 1.54) is 0 Å². The fourth-order valence-electron chi connectivity index (χ4n) is 1.32. The van der Waals surface area contributed by atoms with Crippen LogP contribution >= 0.6 is 0 Å². The molecule has 1 heterocycles. The van der Waals surface area contributed by atoms with Crippen LogP contribution in [0.2, 0.25) is 0 Å². The second-order valence-electron chi connectivity index (χ2n) is 2.96. The number of amides is 2. The van der Waals surface area contributed by atoms with E-state index in [1.807, 2.05) is 5.32 Å². The van der Waals surface area contributed by atoms with Gasteiger partial charge in [-0.25, -0.2) is 0 Å². The monoisotopic (exact) mass is 172 g/mol. The lowest BCUT2D eigenvalue weighted by atomic mass is 10.2. The predicted molar refractivity (Wildman–Crippen MR) is 42.0 cm³/mol. The molecule has 1 aliphatic heterocycles. The van der Waals surface area contributed by atoms with Crippen molar-refractivity contribution < 1.29 is 14.9 Å². The van der Waals surface area contributed by atoms with Gasteiger partial charge in [0.25, 0.3) is 5.91 Å². The van der Waals surface area contributed by atoms with Gasteiger partial charge in [-0.1, -0.05) is 0 Å². The Balaban J connectivity index is 2.23. The summed E-state index contributed by atoms with van der Waals surface area (Å²) < 4.78 is 0. The van der Waals surface area contributed by atoms with Gasteiger partial charge in [-0.3, -0.25) is 9.59 Å². The Labute approximate surface area is 70.7 Å². The van der Waals surface area contributed by atoms with Crippen molar-refractivity contribution in [3.63, 3.8) is 0 Å². The summed E-state index contributed by atoms with van der Waals surface area (Å²) in [5, 5.41) is 4.46. The number of nitrogens with one attached hydrogen (secondary N) is 1. The number of primary amides is 1. The van der Waals surface area contributed by atoms with Crippen molar-refractivity contribution in [2.75, 3.05) is 13.1 Å². The molecule has 0 spiro atoms. The first-order valence-electron chi connectivity index (χ1n) is 4.09. The van der Waals surface area contributed by atoms with Gasteiger partial charge in [0.15, 0.2) is 6.04 Å². The van der Waals surface area contributed by atoms with Crippen LogP contribution in [0.3, 0.4) is 0 Å². The Morgan fingerprint density at radius 2 is 2.33 bits per heavy atom. The Morgan fingerprint density at radius 3 is 2.83 bits per heavy atom. The molecule has 0 aromatic carbocycles. The van der Waals surface area contributed by atoms with E-state index in [-0.39, 0.29) is 18.5 Å². The van der Waals surface area contributed by atoms with E-state index in [0.29, 0.717) is 0 Å². The molecule has 1 rings (SSSR count). The molecule has 1 fully saturated rings. The summed E-state index contributed by atoms with van der Waals surface area (Å²) in [4.78, 5) is 21.5. The molecule has 5 nitrogen and oxygen atoms in total. The normalized spacial score (nSPS) is 22.2. The average molecular weight is 172 g/mol. The third-order valence-electron chi connectivity index (χ3n) is 1.94. The summed E-state index contributed by atoms with van der Waals surface area (Å²) in [6, 6.07) is -0.00986. The van der Waals surface area contributed by atoms with Gasteiger partial charge in [-0.2, -0.15) is 0 Å². The standard InChI is InChI=1S/C7H13N3O2/c8-6(11)4-10-7(12)5-2-1-3-9-5/h5,9H,1-4H2,(H2,8,11)(H,10,12)/p+1/t5-/m0/s1. The van der Waals surface area contributed by atoms with Crippen molar-refractivity contribution in [2.45, 2.75) is 18.9 Å². The molecule has 0 saturated carbocycles. The molecule has 0 bridgehead atoms. The molecule has 5 heteroatoms. The summed E-state index contributed by atoms with van der Waals surface area (Å²) in [7, 11) is 0. The topological polar surface area (TPSA) is 88.8 Å². The van der Waals surface area contributed by atoms with Crippen molar-refractivity contribution in [3.8, 4) is 0 Å². The number of carbonyl (C=O) groups is 2. The van der Waals surface area contributed by atoms with E-state index in [9.17, 15) is 9.59 Å². The highest BCUT2D eigenvalue weighted by Crippen LogP contribution is 1.96. The Morgan fingerprint density at radius 1 is 1.58 bits per heavy atom. The van der Waals surface area contributed by atoms with Crippen molar-refractivity contribution >= 4 is 11.8 Å². The van der Waals surface area contributed by atoms with Gasteiger partial charge in [-0.05, 0) is 0 Å². The van der Waals surface area contributed by atoms with E-state index in [4.69, 9.17) is 5.73 Å². The van der Waals surface area contributed by atoms with Crippen LogP contribution in [0.4, 0.5) is 0 Å². The highest BCUT2D eigenvalue weighted by atomic mass is 16.2. The van der Waals surface area contributed by atoms with Gasteiger partial charge in [-0.15, -0.1) is 0 Å². The van der Waals surface area contributed by atoms with Crippen LogP contribution in [-0.4, -0.2) is 30.9 Å². The largest absolute Gasteiger partial charge is 0.368 e. The summed E-state index contributed by atoms with van der Waals surface area (Å²) in [5.74, 6) is -0.576. The lowest BCUT2D eigenvalue weighted by molar-refractivity contribution is -0.657. The molecule has 2 amide bonds. The first-order chi connectivity index (χ1) is 5.70. The second kappa shape index (κ2) is 4.06. The fraction of sp³-hybridized carbons (Fsp3) is 0.714. The zero-order valence-electron chi connectivity index (χ0n) is 6.88. The van der Waals surface area contributed by atoms with Crippen LogP contribution in [-0.2, 0) is 9.59 Å². The molecule has 0 aromatic heterocycles. The van der Waals surface area contributed by atoms with Crippen LogP contribution < -0.4 is 16.4 Å². The van der Waals surface area contributed by atoms with E-state index in [0.717, 1.165) is 19.4 Å². The number of hydrogen-bond acceptors (Lipinski definition) is 2. The first kappa shape index (κ1) is 8.99. The molecule has 5 N–H and O–H groups in total. The minimum absolute atomic E-state index is 0.00986. The molecule has 0 aromatic rings. The van der Waals surface area contributed by atoms with Gasteiger partial charge in [0, 0.05) is 12.8 Å². The van der Waals surface area contributed by atoms with E-state index in [1.54, 1.807) is 0 Å². The lowest BCUT2D eigenvalue weighted by Gasteiger charge is -2.06. The number of nitrogens with two attached hydrogens (primary N) is 2. The minimum Gasteiger partial charge on any atom is -0.368 e. The molecule has 12 heavy (non-hydrogen) atoms. The Bertz CT molecular complexity index is 187. The van der Waals surface area contributed by atoms with Crippen LogP contribution in [0, 0.1) is 0 Å². The highest BCUT2D eigenvalue weighted by Gasteiger charge is 2.25. The maximum atomic E-state index is 11.2. The lowest BCUT2D eigenvalue weighted by Crippen LogP contribution is -2.89. The van der Waals surface area contributed by atoms with Crippen LogP contribution in [0.15, 0.2) is 0 Å². The van der Waals surface area contributed by atoms with Gasteiger partial charge in [0.2, 0.25) is 5.91 Å². The summed E-state index contributed by atoms with van der Waals surface area (Å²) in [5.41, 5.74) is 4.88. The van der Waals surface area contributed by atoms with Crippen molar-refractivity contribution in [3.05, 3.63) is 0 Å². The molecule has 0 radical (unpaired) electrons. The zero-order chi connectivity index (χ0) is 8.97. The van der Waals surface area contributed by atoms with Crippen molar-refractivity contribution in [2.24, 2.45) is 5.73 Å². The third kappa shape index (κ3) is 2.50. The summed E-state index contributed by atoms with van der Waals surface area (Å²) in [6.45, 7) is 0.942. The quantitative estimate of drug-likeness (QED) is 0.433. The number of hydrogen-bond donors (Lipinski definition) is 3. The van der Waals surface area contributed by atoms with E-state index >= 15 is 0 Å². The van der Waals surface area contributed by atoms with Gasteiger partial charge in [0.05, 0.1) is 13.1 Å². The molecule has 68 valence electrons. The molecule has 0 aliphatic carbocycles. The number of carbonyl (C=O) groups excluding carboxylic acids is 2. The highest BCUT2D eigenvalue weighted by molar-refractivity contribution is 5.85.